The summed E-state index contributed by atoms with van der Waals surface area (Å²) < 4.78 is 16.0. The van der Waals surface area contributed by atoms with Crippen LogP contribution in [0.4, 0.5) is 4.39 Å². The molecule has 3 aromatic rings. The van der Waals surface area contributed by atoms with E-state index >= 15 is 0 Å². The molecule has 31 heavy (non-hydrogen) atoms. The summed E-state index contributed by atoms with van der Waals surface area (Å²) in [6, 6.07) is 11.7. The second-order valence-electron chi connectivity index (χ2n) is 7.21. The molecule has 158 valence electrons. The Morgan fingerprint density at radius 2 is 1.90 bits per heavy atom. The van der Waals surface area contributed by atoms with Crippen LogP contribution in [-0.4, -0.2) is 37.8 Å². The first-order valence-electron chi connectivity index (χ1n) is 9.71. The minimum atomic E-state index is -0.755. The van der Waals surface area contributed by atoms with Crippen LogP contribution < -0.4 is 0 Å². The van der Waals surface area contributed by atoms with Gasteiger partial charge in [-0.2, -0.15) is 0 Å². The van der Waals surface area contributed by atoms with Crippen molar-refractivity contribution in [2.75, 3.05) is 6.54 Å². The van der Waals surface area contributed by atoms with Crippen LogP contribution in [0.3, 0.4) is 0 Å². The van der Waals surface area contributed by atoms with E-state index in [0.717, 1.165) is 4.47 Å². The van der Waals surface area contributed by atoms with Crippen LogP contribution in [0.2, 0.25) is 0 Å². The third kappa shape index (κ3) is 4.29. The van der Waals surface area contributed by atoms with Gasteiger partial charge in [0.25, 0.3) is 11.7 Å². The number of imidazole rings is 1. The van der Waals surface area contributed by atoms with Crippen LogP contribution in [0.5, 0.6) is 0 Å². The predicted octanol–water partition coefficient (Wildman–Crippen LogP) is 4.30. The lowest BCUT2D eigenvalue weighted by atomic mass is 9.95. The molecule has 1 fully saturated rings. The lowest BCUT2D eigenvalue weighted by molar-refractivity contribution is -0.139. The topological polar surface area (TPSA) is 75.4 Å². The SMILES string of the molecule is O=C1C(=O)N(CCCn2ccnc2)[C@@H](c2cccc(Br)c2)/C1=C(\O)c1ccc(F)cc1. The van der Waals surface area contributed by atoms with Crippen molar-refractivity contribution in [2.24, 2.45) is 0 Å². The van der Waals surface area contributed by atoms with E-state index in [1.54, 1.807) is 12.5 Å². The molecule has 4 rings (SSSR count). The summed E-state index contributed by atoms with van der Waals surface area (Å²) in [5.41, 5.74) is 0.968. The molecule has 1 N–H and O–H groups in total. The summed E-state index contributed by atoms with van der Waals surface area (Å²) in [6.45, 7) is 0.951. The standard InChI is InChI=1S/C23H19BrFN3O3/c24-17-4-1-3-16(13-17)20-19(21(29)15-5-7-18(25)8-6-15)22(30)23(31)28(20)11-2-10-27-12-9-26-14-27/h1,3-9,12-14,20,29H,2,10-11H2/b21-19+/t20-/m0/s1. The van der Waals surface area contributed by atoms with Crippen molar-refractivity contribution in [2.45, 2.75) is 19.0 Å². The molecule has 0 spiro atoms. The van der Waals surface area contributed by atoms with Gasteiger partial charge in [-0.05, 0) is 48.4 Å². The molecule has 6 nitrogen and oxygen atoms in total. The molecule has 2 heterocycles. The summed E-state index contributed by atoms with van der Waals surface area (Å²) in [7, 11) is 0. The maximum Gasteiger partial charge on any atom is 0.295 e. The average molecular weight is 484 g/mol. The summed E-state index contributed by atoms with van der Waals surface area (Å²) >= 11 is 3.43. The molecular weight excluding hydrogens is 465 g/mol. The Balaban J connectivity index is 1.73. The maximum atomic E-state index is 13.3. The first-order valence-corrected chi connectivity index (χ1v) is 10.5. The number of aliphatic hydroxyl groups excluding tert-OH is 1. The zero-order valence-electron chi connectivity index (χ0n) is 16.4. The van der Waals surface area contributed by atoms with E-state index in [1.165, 1.54) is 29.2 Å². The average Bonchev–Trinajstić information content (AvgIpc) is 3.36. The van der Waals surface area contributed by atoms with Gasteiger partial charge in [0, 0.05) is 35.5 Å². The Kier molecular flexibility index (Phi) is 5.99. The smallest absolute Gasteiger partial charge is 0.295 e. The molecule has 0 aliphatic carbocycles. The van der Waals surface area contributed by atoms with Crippen LogP contribution in [0.25, 0.3) is 5.76 Å². The lowest BCUT2D eigenvalue weighted by Crippen LogP contribution is -2.31. The highest BCUT2D eigenvalue weighted by Crippen LogP contribution is 2.40. The monoisotopic (exact) mass is 483 g/mol. The Bertz CT molecular complexity index is 1140. The normalized spacial score (nSPS) is 18.0. The summed E-state index contributed by atoms with van der Waals surface area (Å²) in [6.07, 6.45) is 5.80. The molecule has 0 bridgehead atoms. The second-order valence-corrected chi connectivity index (χ2v) is 8.12. The molecule has 0 saturated carbocycles. The number of hydrogen-bond donors (Lipinski definition) is 1. The number of hydrogen-bond acceptors (Lipinski definition) is 4. The summed E-state index contributed by atoms with van der Waals surface area (Å²) in [4.78, 5) is 31.3. The number of likely N-dealkylation sites (tertiary alicyclic amines) is 1. The third-order valence-corrected chi connectivity index (χ3v) is 5.69. The van der Waals surface area contributed by atoms with Gasteiger partial charge in [-0.1, -0.05) is 28.1 Å². The number of ketones is 1. The number of amides is 1. The highest BCUT2D eigenvalue weighted by molar-refractivity contribution is 9.10. The highest BCUT2D eigenvalue weighted by atomic mass is 79.9. The minimum Gasteiger partial charge on any atom is -0.507 e. The predicted molar refractivity (Wildman–Crippen MR) is 116 cm³/mol. The highest BCUT2D eigenvalue weighted by Gasteiger charge is 2.45. The number of benzene rings is 2. The number of aliphatic hydroxyl groups is 1. The van der Waals surface area contributed by atoms with Crippen LogP contribution in [0, 0.1) is 5.82 Å². The van der Waals surface area contributed by atoms with Crippen molar-refractivity contribution in [3.8, 4) is 0 Å². The number of nitrogens with zero attached hydrogens (tertiary/aromatic N) is 3. The van der Waals surface area contributed by atoms with Crippen molar-refractivity contribution in [1.82, 2.24) is 14.5 Å². The molecule has 1 saturated heterocycles. The fraction of sp³-hybridized carbons (Fsp3) is 0.174. The fourth-order valence-corrected chi connectivity index (χ4v) is 4.16. The number of halogens is 2. The van der Waals surface area contributed by atoms with Gasteiger partial charge in [-0.3, -0.25) is 9.59 Å². The molecule has 1 atom stereocenters. The molecule has 1 aliphatic heterocycles. The molecule has 1 amide bonds. The second kappa shape index (κ2) is 8.85. The Labute approximate surface area is 186 Å². The largest absolute Gasteiger partial charge is 0.507 e. The first kappa shape index (κ1) is 21.0. The zero-order valence-corrected chi connectivity index (χ0v) is 18.0. The van der Waals surface area contributed by atoms with Crippen molar-refractivity contribution in [3.63, 3.8) is 0 Å². The molecule has 0 unspecified atom stereocenters. The van der Waals surface area contributed by atoms with E-state index in [9.17, 15) is 19.1 Å². The first-order chi connectivity index (χ1) is 15.0. The number of rotatable bonds is 6. The summed E-state index contributed by atoms with van der Waals surface area (Å²) in [5, 5.41) is 10.9. The quantitative estimate of drug-likeness (QED) is 0.322. The molecule has 8 heteroatoms. The Morgan fingerprint density at radius 1 is 1.13 bits per heavy atom. The van der Waals surface area contributed by atoms with E-state index in [1.807, 2.05) is 35.0 Å². The van der Waals surface area contributed by atoms with Crippen LogP contribution in [0.1, 0.15) is 23.6 Å². The van der Waals surface area contributed by atoms with Crippen molar-refractivity contribution in [1.29, 1.82) is 0 Å². The van der Waals surface area contributed by atoms with E-state index in [2.05, 4.69) is 20.9 Å². The Morgan fingerprint density at radius 3 is 2.58 bits per heavy atom. The summed E-state index contributed by atoms with van der Waals surface area (Å²) in [5.74, 6) is -2.20. The van der Waals surface area contributed by atoms with Gasteiger partial charge in [0.15, 0.2) is 0 Å². The minimum absolute atomic E-state index is 0.00246. The maximum absolute atomic E-state index is 13.3. The fourth-order valence-electron chi connectivity index (χ4n) is 3.74. The number of carbonyl (C=O) groups is 2. The number of aromatic nitrogens is 2. The zero-order chi connectivity index (χ0) is 22.0. The molecule has 1 aliphatic rings. The van der Waals surface area contributed by atoms with Crippen molar-refractivity contribution in [3.05, 3.63) is 94.2 Å². The molecule has 1 aromatic heterocycles. The number of carbonyl (C=O) groups excluding carboxylic acids is 2. The van der Waals surface area contributed by atoms with Crippen LogP contribution in [0.15, 0.2) is 77.3 Å². The third-order valence-electron chi connectivity index (χ3n) is 5.20. The Hall–Kier alpha value is -3.26. The van der Waals surface area contributed by atoms with Crippen LogP contribution in [-0.2, 0) is 16.1 Å². The van der Waals surface area contributed by atoms with Crippen molar-refractivity contribution < 1.29 is 19.1 Å². The molecular formula is C23H19BrFN3O3. The van der Waals surface area contributed by atoms with Crippen molar-refractivity contribution >= 4 is 33.4 Å². The van der Waals surface area contributed by atoms with Gasteiger partial charge in [0.2, 0.25) is 0 Å². The van der Waals surface area contributed by atoms with Gasteiger partial charge >= 0.3 is 0 Å². The van der Waals surface area contributed by atoms with Gasteiger partial charge < -0.3 is 14.6 Å². The lowest BCUT2D eigenvalue weighted by Gasteiger charge is -2.25. The van der Waals surface area contributed by atoms with Gasteiger partial charge in [-0.25, -0.2) is 9.37 Å². The number of aryl methyl sites for hydroxylation is 1. The van der Waals surface area contributed by atoms with Gasteiger partial charge in [0.1, 0.15) is 11.6 Å². The molecule has 2 aromatic carbocycles. The molecule has 0 radical (unpaired) electrons. The van der Waals surface area contributed by atoms with E-state index in [0.29, 0.717) is 25.1 Å². The van der Waals surface area contributed by atoms with Gasteiger partial charge in [-0.15, -0.1) is 0 Å². The van der Waals surface area contributed by atoms with E-state index in [-0.39, 0.29) is 16.9 Å². The van der Waals surface area contributed by atoms with E-state index < -0.39 is 23.5 Å². The van der Waals surface area contributed by atoms with Gasteiger partial charge in [0.05, 0.1) is 17.9 Å². The van der Waals surface area contributed by atoms with E-state index in [4.69, 9.17) is 0 Å². The number of Topliss-reactive ketones (excluding diaryl/α,β-unsaturated/α-hetero) is 1. The van der Waals surface area contributed by atoms with Crippen LogP contribution >= 0.6 is 15.9 Å².